The van der Waals surface area contributed by atoms with Crippen molar-refractivity contribution in [3.63, 3.8) is 0 Å². The van der Waals surface area contributed by atoms with Gasteiger partial charge in [0.2, 0.25) is 0 Å². The first-order valence-corrected chi connectivity index (χ1v) is 13.2. The van der Waals surface area contributed by atoms with Crippen molar-refractivity contribution >= 4 is 29.2 Å². The summed E-state index contributed by atoms with van der Waals surface area (Å²) in [5.41, 5.74) is 7.82. The molecule has 2 aliphatic rings. The summed E-state index contributed by atoms with van der Waals surface area (Å²) < 4.78 is 65.5. The van der Waals surface area contributed by atoms with Crippen LogP contribution in [0.25, 0.3) is 0 Å². The lowest BCUT2D eigenvalue weighted by Gasteiger charge is -2.31. The van der Waals surface area contributed by atoms with Gasteiger partial charge in [-0.1, -0.05) is 12.1 Å². The van der Waals surface area contributed by atoms with Crippen LogP contribution in [-0.2, 0) is 22.6 Å². The Morgan fingerprint density at radius 2 is 1.59 bits per heavy atom. The number of nitrogens with two attached hydrogens (primary N) is 1. The molecular weight excluding hydrogens is 586 g/mol. The Labute approximate surface area is 234 Å². The van der Waals surface area contributed by atoms with Crippen molar-refractivity contribution in [2.45, 2.75) is 63.6 Å². The number of alkyl halides is 6. The van der Waals surface area contributed by atoms with Gasteiger partial charge in [-0.3, -0.25) is 9.69 Å². The predicted molar refractivity (Wildman–Crippen MR) is 133 cm³/mol. The fraction of sp³-hybridized carbons (Fsp3) is 0.609. The maximum absolute atomic E-state index is 12.7. The first-order valence-electron chi connectivity index (χ1n) is 12.4. The summed E-state index contributed by atoms with van der Waals surface area (Å²) in [7, 11) is 0. The topological polar surface area (TPSA) is 155 Å². The molecule has 4 rings (SSSR count). The van der Waals surface area contributed by atoms with Crippen molar-refractivity contribution in [3.05, 3.63) is 33.8 Å². The van der Waals surface area contributed by atoms with E-state index in [0.29, 0.717) is 12.1 Å². The van der Waals surface area contributed by atoms with Crippen LogP contribution in [0.5, 0.6) is 0 Å². The van der Waals surface area contributed by atoms with E-state index in [1.54, 1.807) is 11.3 Å². The number of rotatable bonds is 5. The van der Waals surface area contributed by atoms with Crippen LogP contribution < -0.4 is 5.73 Å². The first kappa shape index (κ1) is 34.0. The molecule has 2 aromatic rings. The van der Waals surface area contributed by atoms with E-state index < -0.39 is 24.3 Å². The van der Waals surface area contributed by atoms with Gasteiger partial charge in [0, 0.05) is 49.0 Å². The summed E-state index contributed by atoms with van der Waals surface area (Å²) >= 11 is 1.67. The van der Waals surface area contributed by atoms with Crippen molar-refractivity contribution in [1.29, 1.82) is 0 Å². The van der Waals surface area contributed by atoms with Crippen LogP contribution >= 0.6 is 11.3 Å². The zero-order chi connectivity index (χ0) is 31.0. The lowest BCUT2D eigenvalue weighted by molar-refractivity contribution is -0.193. The SMILES string of the molecule is CCc1cc(C(=O)N2CCC(n3cc(CN4CC[C@@H](N)C4)nn3)CC2)cs1.O=C(O)C(F)(F)F.O=C(O)C(F)(F)F. The van der Waals surface area contributed by atoms with Gasteiger partial charge >= 0.3 is 24.3 Å². The van der Waals surface area contributed by atoms with E-state index in [2.05, 4.69) is 28.3 Å². The van der Waals surface area contributed by atoms with E-state index in [1.165, 1.54) is 4.88 Å². The van der Waals surface area contributed by atoms with Gasteiger partial charge in [-0.15, -0.1) is 16.4 Å². The van der Waals surface area contributed by atoms with Gasteiger partial charge in [-0.05, 0) is 31.7 Å². The Morgan fingerprint density at radius 3 is 2.02 bits per heavy atom. The highest BCUT2D eigenvalue weighted by Gasteiger charge is 2.39. The first-order chi connectivity index (χ1) is 19.0. The molecule has 2 saturated heterocycles. The highest BCUT2D eigenvalue weighted by atomic mass is 32.1. The second-order valence-electron chi connectivity index (χ2n) is 9.26. The van der Waals surface area contributed by atoms with Crippen LogP contribution in [0, 0.1) is 0 Å². The Balaban J connectivity index is 0.000000349. The number of hydrogen-bond donors (Lipinski definition) is 3. The van der Waals surface area contributed by atoms with Crippen molar-refractivity contribution in [2.24, 2.45) is 5.73 Å². The number of aliphatic carboxylic acids is 2. The van der Waals surface area contributed by atoms with Crippen LogP contribution in [0.3, 0.4) is 0 Å². The fourth-order valence-corrected chi connectivity index (χ4v) is 4.80. The number of amides is 1. The molecular formula is C23H30F6N6O5S. The second kappa shape index (κ2) is 14.6. The number of aromatic nitrogens is 3. The summed E-state index contributed by atoms with van der Waals surface area (Å²) in [6, 6.07) is 2.65. The molecule has 1 amide bonds. The standard InChI is InChI=1S/C19H28N6OS.2C2HF3O2/c1-2-18-9-14(13-27-18)19(26)24-7-4-17(5-8-24)25-12-16(21-22-25)11-23-6-3-15(20)10-23;2*3-2(4,5)1(6)7/h9,12-13,15,17H,2-8,10-11,20H2,1H3;2*(H,6,7)/t15-;;/m1../s1. The minimum atomic E-state index is -5.08. The Morgan fingerprint density at radius 1 is 1.02 bits per heavy atom. The Hall–Kier alpha value is -3.25. The molecule has 0 radical (unpaired) electrons. The average molecular weight is 617 g/mol. The van der Waals surface area contributed by atoms with Crippen LogP contribution in [0.2, 0.25) is 0 Å². The van der Waals surface area contributed by atoms with Crippen molar-refractivity contribution < 1.29 is 50.9 Å². The molecule has 2 aromatic heterocycles. The normalized spacial score (nSPS) is 18.2. The Kier molecular flexibility index (Phi) is 12.1. The highest BCUT2D eigenvalue weighted by Crippen LogP contribution is 2.25. The lowest BCUT2D eigenvalue weighted by Crippen LogP contribution is -2.39. The minimum absolute atomic E-state index is 0.161. The van der Waals surface area contributed by atoms with E-state index in [4.69, 9.17) is 25.5 Å². The molecule has 4 N–H and O–H groups in total. The third kappa shape index (κ3) is 10.9. The third-order valence-electron chi connectivity index (χ3n) is 6.11. The van der Waals surface area contributed by atoms with E-state index >= 15 is 0 Å². The monoisotopic (exact) mass is 616 g/mol. The second-order valence-corrected chi connectivity index (χ2v) is 10.3. The smallest absolute Gasteiger partial charge is 0.475 e. The van der Waals surface area contributed by atoms with Gasteiger partial charge in [0.15, 0.2) is 0 Å². The molecule has 0 aliphatic carbocycles. The van der Waals surface area contributed by atoms with Gasteiger partial charge in [-0.2, -0.15) is 26.3 Å². The molecule has 1 atom stereocenters. The number of hydrogen-bond acceptors (Lipinski definition) is 8. The molecule has 4 heterocycles. The molecule has 0 bridgehead atoms. The zero-order valence-corrected chi connectivity index (χ0v) is 22.7. The minimum Gasteiger partial charge on any atom is -0.475 e. The van der Waals surface area contributed by atoms with Gasteiger partial charge in [0.25, 0.3) is 5.91 Å². The number of carbonyl (C=O) groups is 3. The summed E-state index contributed by atoms with van der Waals surface area (Å²) in [5.74, 6) is -5.35. The highest BCUT2D eigenvalue weighted by molar-refractivity contribution is 7.10. The molecule has 0 spiro atoms. The summed E-state index contributed by atoms with van der Waals surface area (Å²) in [5, 5.41) is 24.9. The number of carboxylic acids is 2. The average Bonchev–Trinajstić information content (AvgIpc) is 3.65. The number of piperidine rings is 1. The summed E-state index contributed by atoms with van der Waals surface area (Å²) in [4.78, 5) is 36.0. The van der Waals surface area contributed by atoms with Crippen LogP contribution in [0.15, 0.2) is 17.6 Å². The lowest BCUT2D eigenvalue weighted by atomic mass is 10.0. The quantitative estimate of drug-likeness (QED) is 0.430. The molecule has 230 valence electrons. The van der Waals surface area contributed by atoms with Gasteiger partial charge in [0.05, 0.1) is 23.5 Å². The number of nitrogens with zero attached hydrogens (tertiary/aromatic N) is 5. The van der Waals surface area contributed by atoms with E-state index in [-0.39, 0.29) is 5.91 Å². The zero-order valence-electron chi connectivity index (χ0n) is 21.9. The van der Waals surface area contributed by atoms with Gasteiger partial charge in [-0.25, -0.2) is 14.3 Å². The molecule has 18 heteroatoms. The number of likely N-dealkylation sites (tertiary alicyclic amines) is 2. The molecule has 0 saturated carbocycles. The third-order valence-corrected chi connectivity index (χ3v) is 7.19. The van der Waals surface area contributed by atoms with Crippen molar-refractivity contribution in [1.82, 2.24) is 24.8 Å². The van der Waals surface area contributed by atoms with E-state index in [9.17, 15) is 31.1 Å². The number of carbonyl (C=O) groups excluding carboxylic acids is 1. The number of thiophene rings is 1. The fourth-order valence-electron chi connectivity index (χ4n) is 3.99. The van der Waals surface area contributed by atoms with Crippen LogP contribution in [0.1, 0.15) is 53.2 Å². The predicted octanol–water partition coefficient (Wildman–Crippen LogP) is 3.18. The van der Waals surface area contributed by atoms with Crippen LogP contribution in [-0.4, -0.2) is 97.4 Å². The number of carboxylic acid groups (broad SMARTS) is 2. The largest absolute Gasteiger partial charge is 0.490 e. The summed E-state index contributed by atoms with van der Waals surface area (Å²) in [6.07, 6.45) is -4.21. The van der Waals surface area contributed by atoms with Crippen molar-refractivity contribution in [2.75, 3.05) is 26.2 Å². The molecule has 0 unspecified atom stereocenters. The Bertz CT molecular complexity index is 1140. The molecule has 2 fully saturated rings. The molecule has 41 heavy (non-hydrogen) atoms. The van der Waals surface area contributed by atoms with E-state index in [1.807, 2.05) is 21.0 Å². The van der Waals surface area contributed by atoms with Gasteiger partial charge < -0.3 is 20.8 Å². The maximum Gasteiger partial charge on any atom is 0.490 e. The number of aryl methyl sites for hydroxylation is 1. The van der Waals surface area contributed by atoms with E-state index in [0.717, 1.165) is 69.7 Å². The maximum atomic E-state index is 12.7. The summed E-state index contributed by atoms with van der Waals surface area (Å²) in [6.45, 7) is 6.47. The molecule has 2 aliphatic heterocycles. The van der Waals surface area contributed by atoms with Gasteiger partial charge in [0.1, 0.15) is 0 Å². The van der Waals surface area contributed by atoms with Crippen LogP contribution in [0.4, 0.5) is 26.3 Å². The molecule has 11 nitrogen and oxygen atoms in total. The number of halogens is 6. The van der Waals surface area contributed by atoms with Crippen molar-refractivity contribution in [3.8, 4) is 0 Å². The molecule has 0 aromatic carbocycles.